The van der Waals surface area contributed by atoms with E-state index in [1.165, 1.54) is 5.56 Å². The predicted octanol–water partition coefficient (Wildman–Crippen LogP) is 2.53. The normalized spacial score (nSPS) is 12.4. The molecule has 0 aliphatic heterocycles. The highest BCUT2D eigenvalue weighted by atomic mass is 16.4. The molecule has 0 saturated heterocycles. The molecule has 0 fully saturated rings. The third-order valence-corrected chi connectivity index (χ3v) is 3.37. The molecule has 4 nitrogen and oxygen atoms in total. The van der Waals surface area contributed by atoms with Crippen LogP contribution in [0, 0.1) is 0 Å². The summed E-state index contributed by atoms with van der Waals surface area (Å²) >= 11 is 0. The number of aliphatic carboxylic acids is 1. The minimum absolute atomic E-state index is 0.172. The molecule has 0 spiro atoms. The van der Waals surface area contributed by atoms with E-state index in [2.05, 4.69) is 41.4 Å². The van der Waals surface area contributed by atoms with Gasteiger partial charge in [-0.2, -0.15) is 0 Å². The Morgan fingerprint density at radius 1 is 1.30 bits per heavy atom. The first-order valence-electron chi connectivity index (χ1n) is 7.23. The van der Waals surface area contributed by atoms with Crippen LogP contribution in [0.4, 0.5) is 5.69 Å². The second-order valence-corrected chi connectivity index (χ2v) is 5.44. The van der Waals surface area contributed by atoms with E-state index < -0.39 is 12.0 Å². The molecule has 0 aliphatic rings. The van der Waals surface area contributed by atoms with Gasteiger partial charge in [0.2, 0.25) is 0 Å². The van der Waals surface area contributed by atoms with E-state index in [0.717, 1.165) is 12.1 Å². The zero-order chi connectivity index (χ0) is 15.1. The van der Waals surface area contributed by atoms with Crippen molar-refractivity contribution in [3.05, 3.63) is 29.8 Å². The molecule has 0 amide bonds. The van der Waals surface area contributed by atoms with E-state index >= 15 is 0 Å². The zero-order valence-corrected chi connectivity index (χ0v) is 12.9. The number of carbonyl (C=O) groups is 1. The molecule has 0 saturated carbocycles. The van der Waals surface area contributed by atoms with Crippen LogP contribution in [-0.2, 0) is 11.2 Å². The summed E-state index contributed by atoms with van der Waals surface area (Å²) in [6, 6.07) is 8.09. The monoisotopic (exact) mass is 278 g/mol. The SMILES string of the molecule is CCc1ccc(N(C)CCC(NC(C)C)C(=O)O)cc1. The van der Waals surface area contributed by atoms with Crippen molar-refractivity contribution in [3.63, 3.8) is 0 Å². The third kappa shape index (κ3) is 5.21. The topological polar surface area (TPSA) is 52.6 Å². The van der Waals surface area contributed by atoms with Crippen molar-refractivity contribution in [1.29, 1.82) is 0 Å². The maximum Gasteiger partial charge on any atom is 0.320 e. The summed E-state index contributed by atoms with van der Waals surface area (Å²) in [4.78, 5) is 13.3. The van der Waals surface area contributed by atoms with Crippen LogP contribution in [0.2, 0.25) is 0 Å². The first-order chi connectivity index (χ1) is 9.43. The smallest absolute Gasteiger partial charge is 0.320 e. The number of carboxylic acids is 1. The van der Waals surface area contributed by atoms with Gasteiger partial charge in [0.05, 0.1) is 0 Å². The Morgan fingerprint density at radius 3 is 2.35 bits per heavy atom. The molecule has 0 aromatic heterocycles. The highest BCUT2D eigenvalue weighted by molar-refractivity contribution is 5.73. The van der Waals surface area contributed by atoms with E-state index in [4.69, 9.17) is 0 Å². The Hall–Kier alpha value is -1.55. The molecule has 0 heterocycles. The van der Waals surface area contributed by atoms with Gasteiger partial charge < -0.3 is 15.3 Å². The number of hydrogen-bond donors (Lipinski definition) is 2. The predicted molar refractivity (Wildman–Crippen MR) is 83.4 cm³/mol. The molecule has 1 atom stereocenters. The Bertz CT molecular complexity index is 415. The van der Waals surface area contributed by atoms with Crippen LogP contribution < -0.4 is 10.2 Å². The average molecular weight is 278 g/mol. The van der Waals surface area contributed by atoms with Crippen LogP contribution in [-0.4, -0.2) is 36.8 Å². The fourth-order valence-electron chi connectivity index (χ4n) is 2.12. The van der Waals surface area contributed by atoms with Crippen molar-refractivity contribution in [1.82, 2.24) is 5.32 Å². The van der Waals surface area contributed by atoms with Crippen LogP contribution in [0.25, 0.3) is 0 Å². The second kappa shape index (κ2) is 7.90. The largest absolute Gasteiger partial charge is 0.480 e. The molecular formula is C16H26N2O2. The molecule has 4 heteroatoms. The quantitative estimate of drug-likeness (QED) is 0.767. The van der Waals surface area contributed by atoms with Gasteiger partial charge in [-0.15, -0.1) is 0 Å². The molecule has 1 rings (SSSR count). The van der Waals surface area contributed by atoms with Crippen molar-refractivity contribution >= 4 is 11.7 Å². The van der Waals surface area contributed by atoms with Crippen LogP contribution >= 0.6 is 0 Å². The van der Waals surface area contributed by atoms with Crippen molar-refractivity contribution in [2.75, 3.05) is 18.5 Å². The lowest BCUT2D eigenvalue weighted by molar-refractivity contribution is -0.139. The fourth-order valence-corrected chi connectivity index (χ4v) is 2.12. The lowest BCUT2D eigenvalue weighted by Crippen LogP contribution is -2.42. The first kappa shape index (κ1) is 16.5. The number of benzene rings is 1. The summed E-state index contributed by atoms with van der Waals surface area (Å²) < 4.78 is 0. The van der Waals surface area contributed by atoms with Gasteiger partial charge in [-0.05, 0) is 30.5 Å². The second-order valence-electron chi connectivity index (χ2n) is 5.44. The number of anilines is 1. The summed E-state index contributed by atoms with van der Waals surface area (Å²) in [5.41, 5.74) is 2.43. The van der Waals surface area contributed by atoms with Gasteiger partial charge in [-0.3, -0.25) is 4.79 Å². The number of aryl methyl sites for hydroxylation is 1. The van der Waals surface area contributed by atoms with Gasteiger partial charge >= 0.3 is 5.97 Å². The summed E-state index contributed by atoms with van der Waals surface area (Å²) in [7, 11) is 2.00. The number of rotatable bonds is 8. The van der Waals surface area contributed by atoms with E-state index in [0.29, 0.717) is 13.0 Å². The number of hydrogen-bond acceptors (Lipinski definition) is 3. The molecular weight excluding hydrogens is 252 g/mol. The first-order valence-corrected chi connectivity index (χ1v) is 7.23. The van der Waals surface area contributed by atoms with Gasteiger partial charge in [0.25, 0.3) is 0 Å². The van der Waals surface area contributed by atoms with E-state index in [9.17, 15) is 9.90 Å². The van der Waals surface area contributed by atoms with Gasteiger partial charge in [-0.25, -0.2) is 0 Å². The average Bonchev–Trinajstić information content (AvgIpc) is 2.42. The summed E-state index contributed by atoms with van der Waals surface area (Å²) in [6.45, 7) is 6.77. The van der Waals surface area contributed by atoms with Crippen molar-refractivity contribution in [2.24, 2.45) is 0 Å². The zero-order valence-electron chi connectivity index (χ0n) is 12.9. The Morgan fingerprint density at radius 2 is 1.90 bits per heavy atom. The number of nitrogens with zero attached hydrogens (tertiary/aromatic N) is 1. The van der Waals surface area contributed by atoms with Crippen LogP contribution in [0.5, 0.6) is 0 Å². The van der Waals surface area contributed by atoms with Crippen LogP contribution in [0.1, 0.15) is 32.8 Å². The molecule has 0 radical (unpaired) electrons. The molecule has 2 N–H and O–H groups in total. The Labute approximate surface area is 121 Å². The van der Waals surface area contributed by atoms with Crippen LogP contribution in [0.15, 0.2) is 24.3 Å². The highest BCUT2D eigenvalue weighted by Crippen LogP contribution is 2.14. The molecule has 1 aromatic rings. The molecule has 1 unspecified atom stereocenters. The number of carboxylic acid groups (broad SMARTS) is 1. The summed E-state index contributed by atoms with van der Waals surface area (Å²) in [6.07, 6.45) is 1.61. The highest BCUT2D eigenvalue weighted by Gasteiger charge is 2.18. The van der Waals surface area contributed by atoms with Crippen molar-refractivity contribution in [3.8, 4) is 0 Å². The number of nitrogens with one attached hydrogen (secondary N) is 1. The van der Waals surface area contributed by atoms with Gasteiger partial charge in [0, 0.05) is 25.3 Å². The maximum absolute atomic E-state index is 11.2. The molecule has 20 heavy (non-hydrogen) atoms. The van der Waals surface area contributed by atoms with Gasteiger partial charge in [-0.1, -0.05) is 32.9 Å². The molecule has 0 bridgehead atoms. The molecule has 112 valence electrons. The van der Waals surface area contributed by atoms with Crippen LogP contribution in [0.3, 0.4) is 0 Å². The van der Waals surface area contributed by atoms with E-state index in [1.807, 2.05) is 20.9 Å². The van der Waals surface area contributed by atoms with Crippen molar-refractivity contribution < 1.29 is 9.90 Å². The summed E-state index contributed by atoms with van der Waals surface area (Å²) in [5, 5.41) is 12.3. The van der Waals surface area contributed by atoms with Gasteiger partial charge in [0.15, 0.2) is 0 Å². The summed E-state index contributed by atoms with van der Waals surface area (Å²) in [5.74, 6) is -0.784. The van der Waals surface area contributed by atoms with E-state index in [-0.39, 0.29) is 6.04 Å². The Balaban J connectivity index is 2.55. The van der Waals surface area contributed by atoms with Crippen molar-refractivity contribution in [2.45, 2.75) is 45.7 Å². The minimum Gasteiger partial charge on any atom is -0.480 e. The fraction of sp³-hybridized carbons (Fsp3) is 0.562. The standard InChI is InChI=1S/C16H26N2O2/c1-5-13-6-8-14(9-7-13)18(4)11-10-15(16(19)20)17-12(2)3/h6-9,12,15,17H,5,10-11H2,1-4H3,(H,19,20). The lowest BCUT2D eigenvalue weighted by atomic mass is 10.1. The molecule has 0 aliphatic carbocycles. The van der Waals surface area contributed by atoms with E-state index in [1.54, 1.807) is 0 Å². The third-order valence-electron chi connectivity index (χ3n) is 3.37. The Kier molecular flexibility index (Phi) is 6.52. The maximum atomic E-state index is 11.2. The minimum atomic E-state index is -0.784. The molecule has 1 aromatic carbocycles. The lowest BCUT2D eigenvalue weighted by Gasteiger charge is -2.23. The van der Waals surface area contributed by atoms with Gasteiger partial charge in [0.1, 0.15) is 6.04 Å².